The zero-order valence-corrected chi connectivity index (χ0v) is 15.1. The molecule has 0 bridgehead atoms. The first-order chi connectivity index (χ1) is 13.8. The molecule has 7 nitrogen and oxygen atoms in total. The van der Waals surface area contributed by atoms with Crippen molar-refractivity contribution in [2.75, 3.05) is 23.6 Å². The van der Waals surface area contributed by atoms with Crippen LogP contribution in [0.1, 0.15) is 21.5 Å². The van der Waals surface area contributed by atoms with Crippen LogP contribution < -0.4 is 19.7 Å². The Morgan fingerprint density at radius 1 is 1.07 bits per heavy atom. The molecule has 0 unspecified atom stereocenters. The molecule has 1 aromatic heterocycles. The molecule has 0 saturated heterocycles. The minimum atomic E-state index is -0.0766. The number of carbonyl (C=O) groups excluding carboxylic acids is 1. The molecular formula is C21H18N4O3. The summed E-state index contributed by atoms with van der Waals surface area (Å²) in [6, 6.07) is 13.8. The maximum atomic E-state index is 12.8. The number of benzene rings is 2. The molecule has 5 rings (SSSR count). The number of aromatic nitrogens is 2. The van der Waals surface area contributed by atoms with Gasteiger partial charge in [-0.25, -0.2) is 9.97 Å². The number of fused-ring (bicyclic) bond motifs is 2. The van der Waals surface area contributed by atoms with Gasteiger partial charge in [-0.1, -0.05) is 24.3 Å². The van der Waals surface area contributed by atoms with E-state index in [1.165, 1.54) is 5.56 Å². The standard InChI is InChI=1S/C21H18N4O3/c26-20(25-8-7-15-3-1-2-4-17(15)25)16-11-23-21(24-12-16)22-10-14-5-6-18-19(9-14)28-13-27-18/h1-6,9,11-12H,7-8,10,13H2,(H,22,23,24). The molecule has 140 valence electrons. The Labute approximate surface area is 161 Å². The van der Waals surface area contributed by atoms with Crippen molar-refractivity contribution in [2.45, 2.75) is 13.0 Å². The summed E-state index contributed by atoms with van der Waals surface area (Å²) in [6.07, 6.45) is 4.01. The predicted octanol–water partition coefficient (Wildman–Crippen LogP) is 3.02. The van der Waals surface area contributed by atoms with E-state index in [-0.39, 0.29) is 12.7 Å². The van der Waals surface area contributed by atoms with Crippen LogP contribution in [0.3, 0.4) is 0 Å². The predicted molar refractivity (Wildman–Crippen MR) is 104 cm³/mol. The first-order valence-corrected chi connectivity index (χ1v) is 9.12. The number of nitrogens with one attached hydrogen (secondary N) is 1. The second-order valence-electron chi connectivity index (χ2n) is 6.67. The number of hydrogen-bond donors (Lipinski definition) is 1. The van der Waals surface area contributed by atoms with E-state index < -0.39 is 0 Å². The van der Waals surface area contributed by atoms with Gasteiger partial charge in [-0.3, -0.25) is 4.79 Å². The van der Waals surface area contributed by atoms with E-state index >= 15 is 0 Å². The summed E-state index contributed by atoms with van der Waals surface area (Å²) in [5, 5.41) is 3.16. The van der Waals surface area contributed by atoms with Crippen molar-refractivity contribution in [3.63, 3.8) is 0 Å². The molecule has 2 aromatic carbocycles. The first-order valence-electron chi connectivity index (χ1n) is 9.12. The second-order valence-corrected chi connectivity index (χ2v) is 6.67. The van der Waals surface area contributed by atoms with Gasteiger partial charge >= 0.3 is 0 Å². The summed E-state index contributed by atoms with van der Waals surface area (Å²) in [5.74, 6) is 1.89. The average molecular weight is 374 g/mol. The van der Waals surface area contributed by atoms with Crippen LogP contribution in [0.5, 0.6) is 11.5 Å². The number of hydrogen-bond acceptors (Lipinski definition) is 6. The zero-order chi connectivity index (χ0) is 18.9. The van der Waals surface area contributed by atoms with E-state index in [1.54, 1.807) is 17.3 Å². The van der Waals surface area contributed by atoms with Crippen LogP contribution >= 0.6 is 0 Å². The Balaban J connectivity index is 1.25. The lowest BCUT2D eigenvalue weighted by Crippen LogP contribution is -2.29. The highest BCUT2D eigenvalue weighted by Crippen LogP contribution is 2.32. The quantitative estimate of drug-likeness (QED) is 0.757. The van der Waals surface area contributed by atoms with Crippen LogP contribution in [0.25, 0.3) is 0 Å². The third kappa shape index (κ3) is 3.00. The Kier molecular flexibility index (Phi) is 4.05. The number of amides is 1. The van der Waals surface area contributed by atoms with Gasteiger partial charge in [-0.2, -0.15) is 0 Å². The highest BCUT2D eigenvalue weighted by molar-refractivity contribution is 6.06. The summed E-state index contributed by atoms with van der Waals surface area (Å²) >= 11 is 0. The van der Waals surface area contributed by atoms with E-state index in [0.717, 1.165) is 29.2 Å². The summed E-state index contributed by atoms with van der Waals surface area (Å²) in [5.41, 5.74) is 3.67. The highest BCUT2D eigenvalue weighted by atomic mass is 16.7. The Hall–Kier alpha value is -3.61. The molecule has 0 radical (unpaired) electrons. The minimum Gasteiger partial charge on any atom is -0.454 e. The van der Waals surface area contributed by atoms with Gasteiger partial charge < -0.3 is 19.7 Å². The lowest BCUT2D eigenvalue weighted by molar-refractivity contribution is 0.0988. The average Bonchev–Trinajstić information content (AvgIpc) is 3.38. The second kappa shape index (κ2) is 6.84. The molecule has 0 fully saturated rings. The van der Waals surface area contributed by atoms with Gasteiger partial charge in [-0.15, -0.1) is 0 Å². The smallest absolute Gasteiger partial charge is 0.261 e. The molecule has 2 aliphatic heterocycles. The summed E-state index contributed by atoms with van der Waals surface area (Å²) in [7, 11) is 0. The van der Waals surface area contributed by atoms with Crippen molar-refractivity contribution < 1.29 is 14.3 Å². The molecule has 2 aliphatic rings. The van der Waals surface area contributed by atoms with Crippen LogP contribution in [0.2, 0.25) is 0 Å². The molecular weight excluding hydrogens is 356 g/mol. The molecule has 3 heterocycles. The maximum Gasteiger partial charge on any atom is 0.261 e. The van der Waals surface area contributed by atoms with Crippen molar-refractivity contribution in [3.8, 4) is 11.5 Å². The number of nitrogens with zero attached hydrogens (tertiary/aromatic N) is 3. The van der Waals surface area contributed by atoms with E-state index in [0.29, 0.717) is 24.6 Å². The summed E-state index contributed by atoms with van der Waals surface area (Å²) < 4.78 is 10.7. The molecule has 0 atom stereocenters. The molecule has 1 amide bonds. The van der Waals surface area contributed by atoms with Crippen molar-refractivity contribution in [3.05, 3.63) is 71.5 Å². The van der Waals surface area contributed by atoms with Gasteiger partial charge in [0.25, 0.3) is 5.91 Å². The van der Waals surface area contributed by atoms with Crippen molar-refractivity contribution in [2.24, 2.45) is 0 Å². The molecule has 0 aliphatic carbocycles. The van der Waals surface area contributed by atoms with E-state index in [4.69, 9.17) is 9.47 Å². The fourth-order valence-electron chi connectivity index (χ4n) is 3.47. The number of ether oxygens (including phenoxy) is 2. The number of carbonyl (C=O) groups is 1. The van der Waals surface area contributed by atoms with Crippen LogP contribution in [0.4, 0.5) is 11.6 Å². The van der Waals surface area contributed by atoms with E-state index in [1.807, 2.05) is 36.4 Å². The first kappa shape index (κ1) is 16.6. The van der Waals surface area contributed by atoms with Crippen LogP contribution in [-0.4, -0.2) is 29.2 Å². The largest absolute Gasteiger partial charge is 0.454 e. The molecule has 3 aromatic rings. The van der Waals surface area contributed by atoms with Gasteiger partial charge in [0.15, 0.2) is 11.5 Å². The van der Waals surface area contributed by atoms with Gasteiger partial charge in [0.1, 0.15) is 0 Å². The SMILES string of the molecule is O=C(c1cnc(NCc2ccc3c(c2)OCO3)nc1)N1CCc2ccccc21. The fourth-order valence-corrected chi connectivity index (χ4v) is 3.47. The molecule has 28 heavy (non-hydrogen) atoms. The van der Waals surface area contributed by atoms with E-state index in [9.17, 15) is 4.79 Å². The van der Waals surface area contributed by atoms with Crippen molar-refractivity contribution in [1.29, 1.82) is 0 Å². The molecule has 0 saturated carbocycles. The number of para-hydroxylation sites is 1. The lowest BCUT2D eigenvalue weighted by atomic mass is 10.2. The third-order valence-electron chi connectivity index (χ3n) is 4.92. The van der Waals surface area contributed by atoms with Gasteiger partial charge in [0, 0.05) is 31.2 Å². The molecule has 1 N–H and O–H groups in total. The topological polar surface area (TPSA) is 76.6 Å². The van der Waals surface area contributed by atoms with Crippen LogP contribution in [0, 0.1) is 0 Å². The zero-order valence-electron chi connectivity index (χ0n) is 15.1. The van der Waals surface area contributed by atoms with Gasteiger partial charge in [0.2, 0.25) is 12.7 Å². The molecule has 7 heteroatoms. The number of rotatable bonds is 4. The summed E-state index contributed by atoms with van der Waals surface area (Å²) in [6.45, 7) is 1.48. The number of anilines is 2. The Bertz CT molecular complexity index is 1040. The third-order valence-corrected chi connectivity index (χ3v) is 4.92. The summed E-state index contributed by atoms with van der Waals surface area (Å²) in [4.78, 5) is 23.2. The minimum absolute atomic E-state index is 0.0766. The highest BCUT2D eigenvalue weighted by Gasteiger charge is 2.25. The Morgan fingerprint density at radius 3 is 2.79 bits per heavy atom. The van der Waals surface area contributed by atoms with Crippen LogP contribution in [0.15, 0.2) is 54.9 Å². The van der Waals surface area contributed by atoms with Gasteiger partial charge in [0.05, 0.1) is 5.56 Å². The maximum absolute atomic E-state index is 12.8. The van der Waals surface area contributed by atoms with Crippen LogP contribution in [-0.2, 0) is 13.0 Å². The Morgan fingerprint density at radius 2 is 1.89 bits per heavy atom. The van der Waals surface area contributed by atoms with Crippen molar-refractivity contribution in [1.82, 2.24) is 9.97 Å². The molecule has 0 spiro atoms. The van der Waals surface area contributed by atoms with Gasteiger partial charge in [-0.05, 0) is 35.7 Å². The fraction of sp³-hybridized carbons (Fsp3) is 0.190. The normalized spacial score (nSPS) is 14.1. The van der Waals surface area contributed by atoms with Crippen molar-refractivity contribution >= 4 is 17.5 Å². The lowest BCUT2D eigenvalue weighted by Gasteiger charge is -2.17. The monoisotopic (exact) mass is 374 g/mol. The van der Waals surface area contributed by atoms with E-state index in [2.05, 4.69) is 21.4 Å².